The van der Waals surface area contributed by atoms with Gasteiger partial charge in [-0.2, -0.15) is 5.10 Å². The number of hydrogen-bond acceptors (Lipinski definition) is 4. The minimum atomic E-state index is -0.859. The molecule has 3 aromatic carbocycles. The standard InChI is InChI=1S/C23H16ClN3O2S/c1-12-8-19-22(21(17(12)10-20(28)29)13-2-5-16(24)6-3-13)30-23(26-19)14-4-7-18-15(9-14)11-25-27-18/h2-9,11H,10H2,1H3,(H,25,27)(H,28,29). The van der Waals surface area contributed by atoms with Crippen molar-refractivity contribution in [2.75, 3.05) is 0 Å². The lowest BCUT2D eigenvalue weighted by molar-refractivity contribution is -0.136. The topological polar surface area (TPSA) is 78.9 Å². The first-order valence-corrected chi connectivity index (χ1v) is 10.5. The predicted octanol–water partition coefficient (Wildman–Crippen LogP) is 6.10. The van der Waals surface area contributed by atoms with Crippen LogP contribution < -0.4 is 0 Å². The van der Waals surface area contributed by atoms with E-state index in [1.54, 1.807) is 17.5 Å². The van der Waals surface area contributed by atoms with Crippen molar-refractivity contribution in [3.63, 3.8) is 0 Å². The molecule has 7 heteroatoms. The highest BCUT2D eigenvalue weighted by atomic mass is 35.5. The highest BCUT2D eigenvalue weighted by Crippen LogP contribution is 2.41. The molecule has 0 aliphatic heterocycles. The van der Waals surface area contributed by atoms with Crippen LogP contribution in [0.5, 0.6) is 0 Å². The average Bonchev–Trinajstić information content (AvgIpc) is 3.35. The molecule has 5 rings (SSSR count). The van der Waals surface area contributed by atoms with E-state index in [-0.39, 0.29) is 6.42 Å². The van der Waals surface area contributed by atoms with Crippen LogP contribution in [-0.2, 0) is 11.2 Å². The summed E-state index contributed by atoms with van der Waals surface area (Å²) in [6, 6.07) is 15.6. The molecule has 0 atom stereocenters. The number of carboxylic acid groups (broad SMARTS) is 1. The van der Waals surface area contributed by atoms with Crippen LogP contribution >= 0.6 is 22.9 Å². The Morgan fingerprint density at radius 3 is 2.67 bits per heavy atom. The lowest BCUT2D eigenvalue weighted by atomic mass is 9.93. The molecular weight excluding hydrogens is 418 g/mol. The van der Waals surface area contributed by atoms with E-state index in [1.807, 2.05) is 49.4 Å². The summed E-state index contributed by atoms with van der Waals surface area (Å²) in [5, 5.41) is 19.1. The van der Waals surface area contributed by atoms with E-state index < -0.39 is 5.97 Å². The number of carboxylic acids is 1. The van der Waals surface area contributed by atoms with Gasteiger partial charge in [0.05, 0.1) is 28.4 Å². The fourth-order valence-electron chi connectivity index (χ4n) is 3.74. The fraction of sp³-hybridized carbons (Fsp3) is 0.0870. The number of carbonyl (C=O) groups is 1. The van der Waals surface area contributed by atoms with Crippen molar-refractivity contribution in [2.24, 2.45) is 0 Å². The van der Waals surface area contributed by atoms with Gasteiger partial charge in [-0.15, -0.1) is 11.3 Å². The number of fused-ring (bicyclic) bond motifs is 2. The third kappa shape index (κ3) is 3.24. The lowest BCUT2D eigenvalue weighted by Crippen LogP contribution is -2.04. The molecule has 2 N–H and O–H groups in total. The number of aromatic amines is 1. The number of aliphatic carboxylic acids is 1. The van der Waals surface area contributed by atoms with Crippen LogP contribution in [0.1, 0.15) is 11.1 Å². The van der Waals surface area contributed by atoms with Gasteiger partial charge in [0.1, 0.15) is 5.01 Å². The second-order valence-electron chi connectivity index (χ2n) is 7.16. The van der Waals surface area contributed by atoms with Crippen LogP contribution in [0.4, 0.5) is 0 Å². The Kier molecular flexibility index (Phi) is 4.53. The Bertz CT molecular complexity index is 1420. The Balaban J connectivity index is 1.76. The van der Waals surface area contributed by atoms with Gasteiger partial charge in [-0.3, -0.25) is 9.89 Å². The third-order valence-corrected chi connectivity index (χ3v) is 6.55. The van der Waals surface area contributed by atoms with E-state index in [2.05, 4.69) is 16.3 Å². The van der Waals surface area contributed by atoms with Crippen molar-refractivity contribution < 1.29 is 9.90 Å². The number of rotatable bonds is 4. The maximum absolute atomic E-state index is 11.6. The molecule has 0 fully saturated rings. The van der Waals surface area contributed by atoms with Gasteiger partial charge in [-0.1, -0.05) is 23.7 Å². The first-order valence-electron chi connectivity index (χ1n) is 9.34. The number of nitrogens with one attached hydrogen (secondary N) is 1. The van der Waals surface area contributed by atoms with Gasteiger partial charge in [0, 0.05) is 21.5 Å². The second-order valence-corrected chi connectivity index (χ2v) is 8.60. The molecule has 148 valence electrons. The van der Waals surface area contributed by atoms with Gasteiger partial charge in [0.25, 0.3) is 0 Å². The van der Waals surface area contributed by atoms with Gasteiger partial charge >= 0.3 is 5.97 Å². The summed E-state index contributed by atoms with van der Waals surface area (Å²) in [5.41, 5.74) is 6.40. The minimum Gasteiger partial charge on any atom is -0.481 e. The van der Waals surface area contributed by atoms with Gasteiger partial charge in [0.2, 0.25) is 0 Å². The molecule has 0 saturated carbocycles. The smallest absolute Gasteiger partial charge is 0.307 e. The summed E-state index contributed by atoms with van der Waals surface area (Å²) >= 11 is 7.65. The molecule has 0 spiro atoms. The predicted molar refractivity (Wildman–Crippen MR) is 121 cm³/mol. The minimum absolute atomic E-state index is 0.0477. The molecule has 0 saturated heterocycles. The molecule has 0 aliphatic rings. The Hall–Kier alpha value is -3.22. The molecule has 30 heavy (non-hydrogen) atoms. The molecule has 2 aromatic heterocycles. The molecule has 0 radical (unpaired) electrons. The van der Waals surface area contributed by atoms with Crippen molar-refractivity contribution >= 4 is 50.0 Å². The van der Waals surface area contributed by atoms with E-state index in [1.165, 1.54) is 0 Å². The van der Waals surface area contributed by atoms with Gasteiger partial charge in [-0.25, -0.2) is 4.98 Å². The Labute approximate surface area is 181 Å². The van der Waals surface area contributed by atoms with Gasteiger partial charge < -0.3 is 5.11 Å². The normalized spacial score (nSPS) is 11.4. The van der Waals surface area contributed by atoms with E-state index >= 15 is 0 Å². The van der Waals surface area contributed by atoms with Crippen molar-refractivity contribution in [3.8, 4) is 21.7 Å². The molecule has 0 bridgehead atoms. The lowest BCUT2D eigenvalue weighted by Gasteiger charge is -2.13. The molecule has 0 amide bonds. The van der Waals surface area contributed by atoms with E-state index in [0.29, 0.717) is 5.02 Å². The molecule has 0 aliphatic carbocycles. The zero-order valence-corrected chi connectivity index (χ0v) is 17.5. The number of aryl methyl sites for hydroxylation is 1. The van der Waals surface area contributed by atoms with E-state index in [0.717, 1.165) is 53.9 Å². The highest BCUT2D eigenvalue weighted by Gasteiger charge is 2.19. The molecular formula is C23H16ClN3O2S. The Morgan fingerprint density at radius 2 is 1.90 bits per heavy atom. The summed E-state index contributed by atoms with van der Waals surface area (Å²) in [4.78, 5) is 16.5. The van der Waals surface area contributed by atoms with Crippen LogP contribution in [0.15, 0.2) is 54.7 Å². The zero-order chi connectivity index (χ0) is 20.8. The van der Waals surface area contributed by atoms with Crippen LogP contribution in [0, 0.1) is 6.92 Å². The number of H-pyrrole nitrogens is 1. The second kappa shape index (κ2) is 7.23. The van der Waals surface area contributed by atoms with Crippen molar-refractivity contribution in [1.82, 2.24) is 15.2 Å². The number of aromatic nitrogens is 3. The maximum atomic E-state index is 11.6. The number of thiazole rings is 1. The quantitative estimate of drug-likeness (QED) is 0.359. The largest absolute Gasteiger partial charge is 0.481 e. The summed E-state index contributed by atoms with van der Waals surface area (Å²) in [5.74, 6) is -0.859. The number of benzene rings is 3. The third-order valence-electron chi connectivity index (χ3n) is 5.16. The number of halogens is 1. The molecule has 5 aromatic rings. The summed E-state index contributed by atoms with van der Waals surface area (Å²) in [7, 11) is 0. The van der Waals surface area contributed by atoms with Crippen molar-refractivity contribution in [2.45, 2.75) is 13.3 Å². The van der Waals surface area contributed by atoms with Gasteiger partial charge in [-0.05, 0) is 60.0 Å². The van der Waals surface area contributed by atoms with E-state index in [9.17, 15) is 9.90 Å². The van der Waals surface area contributed by atoms with Gasteiger partial charge in [0.15, 0.2) is 0 Å². The maximum Gasteiger partial charge on any atom is 0.307 e. The first-order chi connectivity index (χ1) is 14.5. The first kappa shape index (κ1) is 18.8. The van der Waals surface area contributed by atoms with E-state index in [4.69, 9.17) is 16.6 Å². The molecule has 2 heterocycles. The summed E-state index contributed by atoms with van der Waals surface area (Å²) in [6.07, 6.45) is 1.74. The van der Waals surface area contributed by atoms with Crippen LogP contribution in [0.2, 0.25) is 5.02 Å². The molecule has 5 nitrogen and oxygen atoms in total. The van der Waals surface area contributed by atoms with Crippen LogP contribution in [0.3, 0.4) is 0 Å². The monoisotopic (exact) mass is 433 g/mol. The molecule has 0 unspecified atom stereocenters. The SMILES string of the molecule is Cc1cc2nc(-c3ccc4[nH]ncc4c3)sc2c(-c2ccc(Cl)cc2)c1CC(=O)O. The Morgan fingerprint density at radius 1 is 1.13 bits per heavy atom. The number of hydrogen-bond donors (Lipinski definition) is 2. The van der Waals surface area contributed by atoms with Crippen LogP contribution in [-0.4, -0.2) is 26.3 Å². The highest BCUT2D eigenvalue weighted by molar-refractivity contribution is 7.22. The van der Waals surface area contributed by atoms with Crippen molar-refractivity contribution in [3.05, 3.63) is 70.9 Å². The van der Waals surface area contributed by atoms with Crippen molar-refractivity contribution in [1.29, 1.82) is 0 Å². The summed E-state index contributed by atoms with van der Waals surface area (Å²) in [6.45, 7) is 1.94. The average molecular weight is 434 g/mol. The van der Waals surface area contributed by atoms with Crippen LogP contribution in [0.25, 0.3) is 42.8 Å². The fourth-order valence-corrected chi connectivity index (χ4v) is 5.00. The zero-order valence-electron chi connectivity index (χ0n) is 15.9. The number of nitrogens with zero attached hydrogens (tertiary/aromatic N) is 2. The summed E-state index contributed by atoms with van der Waals surface area (Å²) < 4.78 is 0.974.